The van der Waals surface area contributed by atoms with E-state index < -0.39 is 5.97 Å². The van der Waals surface area contributed by atoms with Crippen LogP contribution in [-0.4, -0.2) is 35.2 Å². The third kappa shape index (κ3) is 22.9. The Kier molecular flexibility index (Phi) is 20.3. The molecular formula is C22H43NO4. The number of rotatable bonds is 21. The van der Waals surface area contributed by atoms with Crippen LogP contribution in [0.2, 0.25) is 0 Å². The molecule has 160 valence electrons. The fourth-order valence-electron chi connectivity index (χ4n) is 3.24. The summed E-state index contributed by atoms with van der Waals surface area (Å²) < 4.78 is 0. The van der Waals surface area contributed by atoms with E-state index in [1.165, 1.54) is 64.2 Å². The number of aliphatic carboxylic acids is 1. The second-order valence-electron chi connectivity index (χ2n) is 7.62. The first kappa shape index (κ1) is 25.9. The molecular weight excluding hydrogens is 342 g/mol. The van der Waals surface area contributed by atoms with Gasteiger partial charge in [-0.3, -0.25) is 9.59 Å². The predicted octanol–water partition coefficient (Wildman–Crippen LogP) is 5.20. The summed E-state index contributed by atoms with van der Waals surface area (Å²) >= 11 is 0. The SMILES string of the molecule is O=C(O)CCCCCCCCCCCCCCCCC(=O)NCCCCO. The summed E-state index contributed by atoms with van der Waals surface area (Å²) in [5.41, 5.74) is 0. The number of nitrogens with one attached hydrogen (secondary N) is 1. The van der Waals surface area contributed by atoms with E-state index in [1.54, 1.807) is 0 Å². The summed E-state index contributed by atoms with van der Waals surface area (Å²) in [6.07, 6.45) is 19.4. The fourth-order valence-corrected chi connectivity index (χ4v) is 3.24. The first-order chi connectivity index (χ1) is 13.2. The Balaban J connectivity index is 3.10. The summed E-state index contributed by atoms with van der Waals surface area (Å²) in [7, 11) is 0. The van der Waals surface area contributed by atoms with Crippen molar-refractivity contribution in [1.29, 1.82) is 0 Å². The third-order valence-corrected chi connectivity index (χ3v) is 4.95. The molecule has 0 aromatic carbocycles. The number of unbranched alkanes of at least 4 members (excludes halogenated alkanes) is 14. The van der Waals surface area contributed by atoms with Gasteiger partial charge in [0.25, 0.3) is 0 Å². The van der Waals surface area contributed by atoms with Crippen molar-refractivity contribution < 1.29 is 19.8 Å². The van der Waals surface area contributed by atoms with Gasteiger partial charge in [-0.1, -0.05) is 77.0 Å². The number of hydrogen-bond acceptors (Lipinski definition) is 3. The lowest BCUT2D eigenvalue weighted by Crippen LogP contribution is -2.24. The van der Waals surface area contributed by atoms with Crippen molar-refractivity contribution in [1.82, 2.24) is 5.32 Å². The zero-order valence-corrected chi connectivity index (χ0v) is 17.4. The van der Waals surface area contributed by atoms with Gasteiger partial charge in [0.05, 0.1) is 0 Å². The van der Waals surface area contributed by atoms with Gasteiger partial charge in [-0.2, -0.15) is 0 Å². The van der Waals surface area contributed by atoms with Crippen molar-refractivity contribution in [2.24, 2.45) is 0 Å². The molecule has 0 atom stereocenters. The Bertz CT molecular complexity index is 347. The standard InChI is InChI=1S/C22H43NO4/c24-20-16-15-19-23-21(25)17-13-11-9-7-5-3-1-2-4-6-8-10-12-14-18-22(26)27/h24H,1-20H2,(H,23,25)(H,26,27). The summed E-state index contributed by atoms with van der Waals surface area (Å²) in [6, 6.07) is 0. The molecule has 0 radical (unpaired) electrons. The molecule has 0 bridgehead atoms. The van der Waals surface area contributed by atoms with Gasteiger partial charge in [0.2, 0.25) is 5.91 Å². The number of amides is 1. The molecule has 0 aliphatic rings. The van der Waals surface area contributed by atoms with Crippen LogP contribution in [0.1, 0.15) is 116 Å². The number of aliphatic hydroxyl groups is 1. The van der Waals surface area contributed by atoms with Gasteiger partial charge in [-0.15, -0.1) is 0 Å². The first-order valence-corrected chi connectivity index (χ1v) is 11.3. The van der Waals surface area contributed by atoms with Gasteiger partial charge in [-0.25, -0.2) is 0 Å². The summed E-state index contributed by atoms with van der Waals surface area (Å²) in [4.78, 5) is 22.0. The fraction of sp³-hybridized carbons (Fsp3) is 0.909. The van der Waals surface area contributed by atoms with Crippen LogP contribution >= 0.6 is 0 Å². The van der Waals surface area contributed by atoms with E-state index in [2.05, 4.69) is 5.32 Å². The van der Waals surface area contributed by atoms with Crippen molar-refractivity contribution in [3.63, 3.8) is 0 Å². The highest BCUT2D eigenvalue weighted by molar-refractivity contribution is 5.75. The lowest BCUT2D eigenvalue weighted by Gasteiger charge is -2.05. The number of carboxylic acid groups (broad SMARTS) is 1. The van der Waals surface area contributed by atoms with Crippen LogP contribution in [0.3, 0.4) is 0 Å². The lowest BCUT2D eigenvalue weighted by molar-refractivity contribution is -0.137. The molecule has 5 nitrogen and oxygen atoms in total. The van der Waals surface area contributed by atoms with Crippen LogP contribution in [0.4, 0.5) is 0 Å². The van der Waals surface area contributed by atoms with Gasteiger partial charge >= 0.3 is 5.97 Å². The molecule has 3 N–H and O–H groups in total. The molecule has 0 aliphatic carbocycles. The lowest BCUT2D eigenvalue weighted by atomic mass is 10.0. The highest BCUT2D eigenvalue weighted by atomic mass is 16.4. The number of carboxylic acids is 1. The second kappa shape index (κ2) is 21.2. The molecule has 5 heteroatoms. The van der Waals surface area contributed by atoms with E-state index in [9.17, 15) is 9.59 Å². The normalized spacial score (nSPS) is 10.9. The third-order valence-electron chi connectivity index (χ3n) is 4.95. The minimum absolute atomic E-state index is 0.148. The summed E-state index contributed by atoms with van der Waals surface area (Å²) in [5, 5.41) is 20.1. The highest BCUT2D eigenvalue weighted by Gasteiger charge is 2.00. The molecule has 0 heterocycles. The Morgan fingerprint density at radius 3 is 1.37 bits per heavy atom. The van der Waals surface area contributed by atoms with Crippen molar-refractivity contribution in [3.05, 3.63) is 0 Å². The van der Waals surface area contributed by atoms with Crippen LogP contribution in [0, 0.1) is 0 Å². The Hall–Kier alpha value is -1.10. The van der Waals surface area contributed by atoms with E-state index in [0.29, 0.717) is 19.4 Å². The first-order valence-electron chi connectivity index (χ1n) is 11.3. The zero-order valence-electron chi connectivity index (χ0n) is 17.4. The van der Waals surface area contributed by atoms with Crippen LogP contribution in [0.25, 0.3) is 0 Å². The molecule has 0 spiro atoms. The maximum Gasteiger partial charge on any atom is 0.303 e. The molecule has 0 aliphatic heterocycles. The second-order valence-corrected chi connectivity index (χ2v) is 7.62. The van der Waals surface area contributed by atoms with E-state index in [-0.39, 0.29) is 12.5 Å². The molecule has 0 aromatic rings. The van der Waals surface area contributed by atoms with E-state index in [0.717, 1.165) is 38.5 Å². The number of carbonyl (C=O) groups is 2. The largest absolute Gasteiger partial charge is 0.481 e. The quantitative estimate of drug-likeness (QED) is 0.237. The van der Waals surface area contributed by atoms with Crippen LogP contribution in [0.15, 0.2) is 0 Å². The minimum atomic E-state index is -0.675. The molecule has 0 saturated heterocycles. The van der Waals surface area contributed by atoms with Gasteiger partial charge in [0, 0.05) is 26.0 Å². The van der Waals surface area contributed by atoms with Crippen LogP contribution in [0.5, 0.6) is 0 Å². The number of carbonyl (C=O) groups excluding carboxylic acids is 1. The molecule has 0 unspecified atom stereocenters. The smallest absolute Gasteiger partial charge is 0.303 e. The molecule has 1 amide bonds. The highest BCUT2D eigenvalue weighted by Crippen LogP contribution is 2.13. The van der Waals surface area contributed by atoms with Crippen molar-refractivity contribution in [2.75, 3.05) is 13.2 Å². The van der Waals surface area contributed by atoms with Crippen molar-refractivity contribution in [2.45, 2.75) is 116 Å². The molecule has 0 saturated carbocycles. The average Bonchev–Trinajstić information content (AvgIpc) is 2.64. The van der Waals surface area contributed by atoms with E-state index >= 15 is 0 Å². The number of hydrogen-bond donors (Lipinski definition) is 3. The zero-order chi connectivity index (χ0) is 20.0. The van der Waals surface area contributed by atoms with Gasteiger partial charge in [-0.05, 0) is 25.7 Å². The molecule has 27 heavy (non-hydrogen) atoms. The summed E-state index contributed by atoms with van der Waals surface area (Å²) in [5.74, 6) is -0.527. The Morgan fingerprint density at radius 1 is 0.556 bits per heavy atom. The maximum absolute atomic E-state index is 11.6. The predicted molar refractivity (Wildman–Crippen MR) is 111 cm³/mol. The van der Waals surface area contributed by atoms with Crippen molar-refractivity contribution in [3.8, 4) is 0 Å². The van der Waals surface area contributed by atoms with Gasteiger partial charge in [0.1, 0.15) is 0 Å². The Morgan fingerprint density at radius 2 is 0.963 bits per heavy atom. The minimum Gasteiger partial charge on any atom is -0.481 e. The topological polar surface area (TPSA) is 86.6 Å². The Labute approximate surface area is 166 Å². The molecule has 0 rings (SSSR count). The van der Waals surface area contributed by atoms with Gasteiger partial charge in [0.15, 0.2) is 0 Å². The summed E-state index contributed by atoms with van der Waals surface area (Å²) in [6.45, 7) is 0.885. The number of aliphatic hydroxyl groups excluding tert-OH is 1. The molecule has 0 fully saturated rings. The van der Waals surface area contributed by atoms with Crippen molar-refractivity contribution >= 4 is 11.9 Å². The van der Waals surface area contributed by atoms with Crippen LogP contribution in [-0.2, 0) is 9.59 Å². The molecule has 0 aromatic heterocycles. The van der Waals surface area contributed by atoms with Gasteiger partial charge < -0.3 is 15.5 Å². The average molecular weight is 386 g/mol. The van der Waals surface area contributed by atoms with E-state index in [1.807, 2.05) is 0 Å². The van der Waals surface area contributed by atoms with E-state index in [4.69, 9.17) is 10.2 Å². The monoisotopic (exact) mass is 385 g/mol. The van der Waals surface area contributed by atoms with Crippen LogP contribution < -0.4 is 5.32 Å². The maximum atomic E-state index is 11.6.